The highest BCUT2D eigenvalue weighted by Gasteiger charge is 2.14. The van der Waals surface area contributed by atoms with E-state index < -0.39 is 0 Å². The molecule has 84 valence electrons. The molecule has 0 aliphatic carbocycles. The maximum absolute atomic E-state index is 13.0. The summed E-state index contributed by atoms with van der Waals surface area (Å²) in [5, 5.41) is 4.14. The molecule has 2 aromatic rings. The summed E-state index contributed by atoms with van der Waals surface area (Å²) in [6.07, 6.45) is 0. The molecule has 2 N–H and O–H groups in total. The molecule has 0 saturated heterocycles. The Morgan fingerprint density at radius 2 is 1.88 bits per heavy atom. The second kappa shape index (κ2) is 4.36. The lowest BCUT2D eigenvalue weighted by atomic mass is 9.95. The minimum absolute atomic E-state index is 0.160. The van der Waals surface area contributed by atoms with E-state index in [1.807, 2.05) is 13.8 Å². The third kappa shape index (κ3) is 2.01. The lowest BCUT2D eigenvalue weighted by Crippen LogP contribution is -2.13. The van der Waals surface area contributed by atoms with Crippen molar-refractivity contribution in [3.63, 3.8) is 0 Å². The molecule has 1 atom stereocenters. The Kier molecular flexibility index (Phi) is 3.08. The molecular weight excluding hydrogens is 221 g/mol. The van der Waals surface area contributed by atoms with Gasteiger partial charge in [-0.15, -0.1) is 0 Å². The van der Waals surface area contributed by atoms with Crippen LogP contribution in [0.3, 0.4) is 0 Å². The molecule has 1 nitrogen and oxygen atoms in total. The average Bonchev–Trinajstić information content (AvgIpc) is 2.63. The van der Waals surface area contributed by atoms with Gasteiger partial charge in [-0.2, -0.15) is 11.3 Å². The number of nitrogens with two attached hydrogens (primary N) is 1. The summed E-state index contributed by atoms with van der Waals surface area (Å²) in [7, 11) is 0. The predicted octanol–water partition coefficient (Wildman–Crippen LogP) is 3.55. The fourth-order valence-corrected chi connectivity index (χ4v) is 2.73. The van der Waals surface area contributed by atoms with Crippen molar-refractivity contribution >= 4 is 11.3 Å². The third-order valence-corrected chi connectivity index (χ3v) is 3.68. The molecule has 0 spiro atoms. The molecule has 1 aromatic heterocycles. The topological polar surface area (TPSA) is 26.0 Å². The van der Waals surface area contributed by atoms with E-state index in [0.29, 0.717) is 0 Å². The molecule has 1 aromatic carbocycles. The number of halogens is 1. The van der Waals surface area contributed by atoms with Crippen LogP contribution in [0.25, 0.3) is 0 Å². The summed E-state index contributed by atoms with van der Waals surface area (Å²) in [5.74, 6) is -0.213. The van der Waals surface area contributed by atoms with E-state index in [1.165, 1.54) is 17.7 Å². The smallest absolute Gasteiger partial charge is 0.123 e. The van der Waals surface area contributed by atoms with Gasteiger partial charge in [-0.3, -0.25) is 0 Å². The monoisotopic (exact) mass is 235 g/mol. The van der Waals surface area contributed by atoms with Gasteiger partial charge >= 0.3 is 0 Å². The van der Waals surface area contributed by atoms with Crippen LogP contribution < -0.4 is 5.73 Å². The SMILES string of the molecule is Cc1cc(F)ccc1C(N)c1cscc1C. The number of benzene rings is 1. The Labute approximate surface area is 98.7 Å². The van der Waals surface area contributed by atoms with Crippen molar-refractivity contribution in [2.45, 2.75) is 19.9 Å². The van der Waals surface area contributed by atoms with Crippen LogP contribution in [0.4, 0.5) is 4.39 Å². The van der Waals surface area contributed by atoms with Crippen molar-refractivity contribution in [3.05, 3.63) is 57.0 Å². The third-order valence-electron chi connectivity index (χ3n) is 2.80. The van der Waals surface area contributed by atoms with Gasteiger partial charge in [0.15, 0.2) is 0 Å². The first-order chi connectivity index (χ1) is 7.59. The van der Waals surface area contributed by atoms with E-state index in [0.717, 1.165) is 16.7 Å². The van der Waals surface area contributed by atoms with E-state index in [4.69, 9.17) is 5.73 Å². The maximum Gasteiger partial charge on any atom is 0.123 e. The van der Waals surface area contributed by atoms with Crippen LogP contribution in [0.15, 0.2) is 29.0 Å². The van der Waals surface area contributed by atoms with Crippen LogP contribution in [-0.4, -0.2) is 0 Å². The molecule has 1 heterocycles. The summed E-state index contributed by atoms with van der Waals surface area (Å²) in [6.45, 7) is 3.94. The van der Waals surface area contributed by atoms with Gasteiger partial charge in [-0.25, -0.2) is 4.39 Å². The van der Waals surface area contributed by atoms with Gasteiger partial charge in [0.1, 0.15) is 5.82 Å². The van der Waals surface area contributed by atoms with Gasteiger partial charge in [-0.05, 0) is 59.0 Å². The van der Waals surface area contributed by atoms with Crippen LogP contribution >= 0.6 is 11.3 Å². The standard InChI is InChI=1S/C13H14FNS/c1-8-5-10(14)3-4-11(8)13(15)12-7-16-6-9(12)2/h3-7,13H,15H2,1-2H3. The largest absolute Gasteiger partial charge is 0.320 e. The highest BCUT2D eigenvalue weighted by Crippen LogP contribution is 2.27. The molecule has 3 heteroatoms. The zero-order valence-corrected chi connectivity index (χ0v) is 10.1. The lowest BCUT2D eigenvalue weighted by molar-refractivity contribution is 0.624. The Morgan fingerprint density at radius 1 is 1.12 bits per heavy atom. The van der Waals surface area contributed by atoms with E-state index in [-0.39, 0.29) is 11.9 Å². The zero-order valence-electron chi connectivity index (χ0n) is 9.33. The normalized spacial score (nSPS) is 12.8. The van der Waals surface area contributed by atoms with Gasteiger partial charge in [0.25, 0.3) is 0 Å². The highest BCUT2D eigenvalue weighted by molar-refractivity contribution is 7.08. The van der Waals surface area contributed by atoms with Crippen molar-refractivity contribution in [1.29, 1.82) is 0 Å². The summed E-state index contributed by atoms with van der Waals surface area (Å²) < 4.78 is 13.0. The second-order valence-corrected chi connectivity index (χ2v) is 4.73. The van der Waals surface area contributed by atoms with Crippen LogP contribution in [0.1, 0.15) is 28.3 Å². The van der Waals surface area contributed by atoms with Crippen molar-refractivity contribution < 1.29 is 4.39 Å². The molecular formula is C13H14FNS. The van der Waals surface area contributed by atoms with Gasteiger partial charge < -0.3 is 5.73 Å². The van der Waals surface area contributed by atoms with Crippen LogP contribution in [0.2, 0.25) is 0 Å². The first-order valence-electron chi connectivity index (χ1n) is 5.14. The number of rotatable bonds is 2. The molecule has 0 saturated carbocycles. The molecule has 0 radical (unpaired) electrons. The molecule has 0 aliphatic heterocycles. The first-order valence-corrected chi connectivity index (χ1v) is 6.08. The molecule has 0 amide bonds. The first kappa shape index (κ1) is 11.3. The second-order valence-electron chi connectivity index (χ2n) is 3.99. The maximum atomic E-state index is 13.0. The Balaban J connectivity index is 2.41. The minimum Gasteiger partial charge on any atom is -0.320 e. The van der Waals surface area contributed by atoms with Crippen molar-refractivity contribution in [2.24, 2.45) is 5.73 Å². The van der Waals surface area contributed by atoms with Crippen LogP contribution in [0.5, 0.6) is 0 Å². The molecule has 2 rings (SSSR count). The summed E-state index contributed by atoms with van der Waals surface area (Å²) >= 11 is 1.64. The fourth-order valence-electron chi connectivity index (χ4n) is 1.84. The van der Waals surface area contributed by atoms with Gasteiger partial charge in [0, 0.05) is 0 Å². The van der Waals surface area contributed by atoms with Crippen molar-refractivity contribution in [1.82, 2.24) is 0 Å². The summed E-state index contributed by atoms with van der Waals surface area (Å²) in [4.78, 5) is 0. The number of hydrogen-bond acceptors (Lipinski definition) is 2. The van der Waals surface area contributed by atoms with Crippen LogP contribution in [-0.2, 0) is 0 Å². The summed E-state index contributed by atoms with van der Waals surface area (Å²) in [5.41, 5.74) is 10.4. The Bertz CT molecular complexity index is 504. The Morgan fingerprint density at radius 3 is 2.44 bits per heavy atom. The average molecular weight is 235 g/mol. The highest BCUT2D eigenvalue weighted by atomic mass is 32.1. The minimum atomic E-state index is -0.213. The van der Waals surface area contributed by atoms with Crippen molar-refractivity contribution in [2.75, 3.05) is 0 Å². The number of aryl methyl sites for hydroxylation is 2. The van der Waals surface area contributed by atoms with E-state index in [1.54, 1.807) is 17.4 Å². The van der Waals surface area contributed by atoms with Crippen molar-refractivity contribution in [3.8, 4) is 0 Å². The fraction of sp³-hybridized carbons (Fsp3) is 0.231. The van der Waals surface area contributed by atoms with E-state index >= 15 is 0 Å². The predicted molar refractivity (Wildman–Crippen MR) is 66.2 cm³/mol. The molecule has 0 fully saturated rings. The van der Waals surface area contributed by atoms with E-state index in [2.05, 4.69) is 10.8 Å². The molecule has 0 aliphatic rings. The van der Waals surface area contributed by atoms with Gasteiger partial charge in [0.2, 0.25) is 0 Å². The molecule has 16 heavy (non-hydrogen) atoms. The molecule has 0 bridgehead atoms. The molecule has 1 unspecified atom stereocenters. The zero-order chi connectivity index (χ0) is 11.7. The van der Waals surface area contributed by atoms with Crippen LogP contribution in [0, 0.1) is 19.7 Å². The lowest BCUT2D eigenvalue weighted by Gasteiger charge is -2.14. The van der Waals surface area contributed by atoms with Gasteiger partial charge in [0.05, 0.1) is 6.04 Å². The Hall–Kier alpha value is -1.19. The van der Waals surface area contributed by atoms with E-state index in [9.17, 15) is 4.39 Å². The number of thiophene rings is 1. The summed E-state index contributed by atoms with van der Waals surface area (Å²) in [6, 6.07) is 4.60. The quantitative estimate of drug-likeness (QED) is 0.846. The van der Waals surface area contributed by atoms with Gasteiger partial charge in [-0.1, -0.05) is 6.07 Å². The number of hydrogen-bond donors (Lipinski definition) is 1.